The zero-order chi connectivity index (χ0) is 15.5. The molecule has 2 atom stereocenters. The number of anilines is 1. The SMILES string of the molecule is CC(=O)NCC(O)C(O)c1ccc(N)c(C(F)(F)F)c1. The molecule has 0 spiro atoms. The first kappa shape index (κ1) is 16.3. The molecule has 20 heavy (non-hydrogen) atoms. The van der Waals surface area contributed by atoms with Gasteiger partial charge in [-0.15, -0.1) is 0 Å². The fraction of sp³-hybridized carbons (Fsp3) is 0.417. The minimum Gasteiger partial charge on any atom is -0.398 e. The van der Waals surface area contributed by atoms with E-state index < -0.39 is 35.5 Å². The number of aliphatic hydroxyl groups excluding tert-OH is 2. The minimum absolute atomic E-state index is 0.135. The van der Waals surface area contributed by atoms with Crippen LogP contribution in [0, 0.1) is 0 Å². The Morgan fingerprint density at radius 2 is 2.00 bits per heavy atom. The van der Waals surface area contributed by atoms with Crippen molar-refractivity contribution in [1.82, 2.24) is 5.32 Å². The highest BCUT2D eigenvalue weighted by molar-refractivity contribution is 5.72. The van der Waals surface area contributed by atoms with Gasteiger partial charge >= 0.3 is 6.18 Å². The number of nitrogens with one attached hydrogen (secondary N) is 1. The lowest BCUT2D eigenvalue weighted by molar-refractivity contribution is -0.137. The molecule has 0 heterocycles. The van der Waals surface area contributed by atoms with Gasteiger partial charge in [-0.2, -0.15) is 13.2 Å². The Morgan fingerprint density at radius 3 is 2.50 bits per heavy atom. The molecule has 2 unspecified atom stereocenters. The van der Waals surface area contributed by atoms with Crippen LogP contribution in [0.1, 0.15) is 24.2 Å². The van der Waals surface area contributed by atoms with E-state index in [1.807, 2.05) is 0 Å². The highest BCUT2D eigenvalue weighted by atomic mass is 19.4. The van der Waals surface area contributed by atoms with Crippen LogP contribution >= 0.6 is 0 Å². The number of rotatable bonds is 4. The number of amides is 1. The van der Waals surface area contributed by atoms with Crippen molar-refractivity contribution < 1.29 is 28.2 Å². The Kier molecular flexibility index (Phi) is 4.96. The number of carbonyl (C=O) groups excluding carboxylic acids is 1. The molecule has 5 N–H and O–H groups in total. The summed E-state index contributed by atoms with van der Waals surface area (Å²) in [5.74, 6) is -0.426. The third-order valence-corrected chi connectivity index (χ3v) is 2.65. The van der Waals surface area contributed by atoms with E-state index in [-0.39, 0.29) is 12.1 Å². The molecule has 0 aromatic heterocycles. The summed E-state index contributed by atoms with van der Waals surface area (Å²) in [5, 5.41) is 21.6. The number of alkyl halides is 3. The maximum absolute atomic E-state index is 12.7. The van der Waals surface area contributed by atoms with Crippen molar-refractivity contribution in [1.29, 1.82) is 0 Å². The van der Waals surface area contributed by atoms with Gasteiger partial charge in [-0.3, -0.25) is 4.79 Å². The van der Waals surface area contributed by atoms with E-state index in [0.29, 0.717) is 6.07 Å². The normalized spacial score (nSPS) is 14.7. The quantitative estimate of drug-likeness (QED) is 0.618. The van der Waals surface area contributed by atoms with Crippen molar-refractivity contribution in [3.8, 4) is 0 Å². The van der Waals surface area contributed by atoms with Gasteiger partial charge in [0.2, 0.25) is 5.91 Å². The van der Waals surface area contributed by atoms with Crippen LogP contribution in [0.15, 0.2) is 18.2 Å². The van der Waals surface area contributed by atoms with E-state index in [9.17, 15) is 28.2 Å². The molecule has 0 radical (unpaired) electrons. The smallest absolute Gasteiger partial charge is 0.398 e. The number of nitrogen functional groups attached to an aromatic ring is 1. The molecule has 0 aliphatic rings. The summed E-state index contributed by atoms with van der Waals surface area (Å²) < 4.78 is 38.0. The van der Waals surface area contributed by atoms with Gasteiger partial charge in [0, 0.05) is 19.2 Å². The molecule has 1 rings (SSSR count). The standard InChI is InChI=1S/C12H15F3N2O3/c1-6(18)17-5-10(19)11(20)7-2-3-9(16)8(4-7)12(13,14)15/h2-4,10-11,19-20H,5,16H2,1H3,(H,17,18). The maximum atomic E-state index is 12.7. The van der Waals surface area contributed by atoms with Crippen molar-refractivity contribution in [2.45, 2.75) is 25.3 Å². The Bertz CT molecular complexity index is 491. The third-order valence-electron chi connectivity index (χ3n) is 2.65. The number of hydrogen-bond donors (Lipinski definition) is 4. The summed E-state index contributed by atoms with van der Waals surface area (Å²) in [5.41, 5.74) is 3.54. The Morgan fingerprint density at radius 1 is 1.40 bits per heavy atom. The highest BCUT2D eigenvalue weighted by Crippen LogP contribution is 2.35. The molecule has 0 aliphatic carbocycles. The highest BCUT2D eigenvalue weighted by Gasteiger charge is 2.34. The van der Waals surface area contributed by atoms with Crippen LogP contribution in [0.3, 0.4) is 0 Å². The van der Waals surface area contributed by atoms with Gasteiger partial charge in [0.1, 0.15) is 12.2 Å². The second-order valence-corrected chi connectivity index (χ2v) is 4.29. The van der Waals surface area contributed by atoms with Gasteiger partial charge in [-0.25, -0.2) is 0 Å². The molecule has 0 aliphatic heterocycles. The molecule has 8 heteroatoms. The van der Waals surface area contributed by atoms with Crippen LogP contribution in [-0.2, 0) is 11.0 Å². The van der Waals surface area contributed by atoms with Crippen LogP contribution < -0.4 is 11.1 Å². The summed E-state index contributed by atoms with van der Waals surface area (Å²) in [6.07, 6.45) is -7.64. The molecular weight excluding hydrogens is 277 g/mol. The Labute approximate surface area is 113 Å². The van der Waals surface area contributed by atoms with E-state index in [1.165, 1.54) is 13.0 Å². The first-order valence-corrected chi connectivity index (χ1v) is 5.70. The Hall–Kier alpha value is -1.80. The number of nitrogens with two attached hydrogens (primary N) is 1. The predicted molar refractivity (Wildman–Crippen MR) is 65.5 cm³/mol. The molecule has 0 saturated carbocycles. The van der Waals surface area contributed by atoms with Crippen molar-refractivity contribution in [2.75, 3.05) is 12.3 Å². The van der Waals surface area contributed by atoms with Crippen molar-refractivity contribution in [2.24, 2.45) is 0 Å². The molecular formula is C12H15F3N2O3. The molecule has 1 amide bonds. The fourth-order valence-corrected chi connectivity index (χ4v) is 1.59. The van der Waals surface area contributed by atoms with Crippen LogP contribution in [-0.4, -0.2) is 28.8 Å². The van der Waals surface area contributed by atoms with Crippen LogP contribution in [0.2, 0.25) is 0 Å². The van der Waals surface area contributed by atoms with Gasteiger partial charge < -0.3 is 21.3 Å². The second-order valence-electron chi connectivity index (χ2n) is 4.29. The van der Waals surface area contributed by atoms with E-state index in [0.717, 1.165) is 6.07 Å². The van der Waals surface area contributed by atoms with Crippen molar-refractivity contribution in [3.63, 3.8) is 0 Å². The molecule has 0 saturated heterocycles. The van der Waals surface area contributed by atoms with Crippen LogP contribution in [0.4, 0.5) is 18.9 Å². The van der Waals surface area contributed by atoms with Crippen LogP contribution in [0.5, 0.6) is 0 Å². The molecule has 112 valence electrons. The summed E-state index contributed by atoms with van der Waals surface area (Å²) in [4.78, 5) is 10.7. The fourth-order valence-electron chi connectivity index (χ4n) is 1.59. The minimum atomic E-state index is -4.65. The first-order chi connectivity index (χ1) is 9.12. The summed E-state index contributed by atoms with van der Waals surface area (Å²) >= 11 is 0. The lowest BCUT2D eigenvalue weighted by Gasteiger charge is -2.20. The molecule has 5 nitrogen and oxygen atoms in total. The summed E-state index contributed by atoms with van der Waals surface area (Å²) in [7, 11) is 0. The van der Waals surface area contributed by atoms with Gasteiger partial charge in [0.15, 0.2) is 0 Å². The predicted octanol–water partition coefficient (Wildman–Crippen LogP) is 0.818. The largest absolute Gasteiger partial charge is 0.418 e. The zero-order valence-corrected chi connectivity index (χ0v) is 10.6. The van der Waals surface area contributed by atoms with E-state index in [2.05, 4.69) is 5.32 Å². The number of benzene rings is 1. The molecule has 0 bridgehead atoms. The first-order valence-electron chi connectivity index (χ1n) is 5.70. The number of aliphatic hydroxyl groups is 2. The van der Waals surface area contributed by atoms with Gasteiger partial charge in [0.25, 0.3) is 0 Å². The third kappa shape index (κ3) is 4.10. The topological polar surface area (TPSA) is 95.6 Å². The monoisotopic (exact) mass is 292 g/mol. The van der Waals surface area contributed by atoms with E-state index in [1.54, 1.807) is 0 Å². The lowest BCUT2D eigenvalue weighted by atomic mass is 10.0. The Balaban J connectivity index is 2.94. The van der Waals surface area contributed by atoms with Gasteiger partial charge in [-0.1, -0.05) is 6.07 Å². The second kappa shape index (κ2) is 6.10. The zero-order valence-electron chi connectivity index (χ0n) is 10.6. The maximum Gasteiger partial charge on any atom is 0.418 e. The number of carbonyl (C=O) groups is 1. The summed E-state index contributed by atoms with van der Waals surface area (Å²) in [6.45, 7) is 0.937. The van der Waals surface area contributed by atoms with Gasteiger partial charge in [0.05, 0.1) is 5.56 Å². The molecule has 1 aromatic carbocycles. The molecule has 0 fully saturated rings. The average Bonchev–Trinajstić information content (AvgIpc) is 2.34. The number of halogens is 3. The van der Waals surface area contributed by atoms with Crippen molar-refractivity contribution >= 4 is 11.6 Å². The van der Waals surface area contributed by atoms with E-state index >= 15 is 0 Å². The van der Waals surface area contributed by atoms with E-state index in [4.69, 9.17) is 5.73 Å². The lowest BCUT2D eigenvalue weighted by Crippen LogP contribution is -2.34. The average molecular weight is 292 g/mol. The van der Waals surface area contributed by atoms with Gasteiger partial charge in [-0.05, 0) is 17.7 Å². The van der Waals surface area contributed by atoms with Crippen molar-refractivity contribution in [3.05, 3.63) is 29.3 Å². The summed E-state index contributed by atoms with van der Waals surface area (Å²) in [6, 6.07) is 2.87. The van der Waals surface area contributed by atoms with Crippen LogP contribution in [0.25, 0.3) is 0 Å². The number of hydrogen-bond acceptors (Lipinski definition) is 4. The molecule has 1 aromatic rings.